The quantitative estimate of drug-likeness (QED) is 0.0379. The number of halogens is 2. The van der Waals surface area contributed by atoms with Gasteiger partial charge >= 0.3 is 11.9 Å². The Morgan fingerprint density at radius 1 is 0.441 bits per heavy atom. The Morgan fingerprint density at radius 2 is 0.780 bits per heavy atom. The van der Waals surface area contributed by atoms with E-state index in [9.17, 15) is 9.59 Å². The number of nitrogens with zero attached hydrogens (tertiary/aromatic N) is 1. The molecule has 2 aromatic carbocycles. The molecule has 1 aliphatic heterocycles. The van der Waals surface area contributed by atoms with Gasteiger partial charge in [0.1, 0.15) is 13.2 Å². The first kappa shape index (κ1) is 51.9. The molecular weight excluding hydrogens is 1020 g/mol. The molecule has 0 radical (unpaired) electrons. The maximum atomic E-state index is 12.5. The van der Waals surface area contributed by atoms with Gasteiger partial charge in [0.2, 0.25) is 0 Å². The van der Waals surface area contributed by atoms with Crippen LogP contribution in [0.4, 0.5) is 11.4 Å². The van der Waals surface area contributed by atoms with Crippen molar-refractivity contribution in [2.45, 2.75) is 22.6 Å². The summed E-state index contributed by atoms with van der Waals surface area (Å²) in [6.07, 6.45) is 0.314. The van der Waals surface area contributed by atoms with E-state index in [0.717, 1.165) is 54.4 Å². The van der Waals surface area contributed by atoms with Gasteiger partial charge in [-0.2, -0.15) is 0 Å². The highest BCUT2D eigenvalue weighted by molar-refractivity contribution is 14.1. The van der Waals surface area contributed by atoms with Crippen molar-refractivity contribution >= 4 is 80.3 Å². The fourth-order valence-corrected chi connectivity index (χ4v) is 7.05. The smallest absolute Gasteiger partial charge is 0.310 e. The zero-order valence-corrected chi connectivity index (χ0v) is 39.3. The number of carbonyl (C=O) groups excluding carboxylic acids is 2. The summed E-state index contributed by atoms with van der Waals surface area (Å²) in [5.41, 5.74) is 3.74. The minimum Gasteiger partial charge on any atom is -0.463 e. The number of carbonyl (C=O) groups is 2. The van der Waals surface area contributed by atoms with Gasteiger partial charge in [0.15, 0.2) is 0 Å². The average molecular weight is 1080 g/mol. The Hall–Kier alpha value is -1.41. The largest absolute Gasteiger partial charge is 0.463 e. The topological polar surface area (TPSA) is 148 Å². The second-order valence-corrected chi connectivity index (χ2v) is 15.8. The fourth-order valence-electron chi connectivity index (χ4n) is 5.23. The van der Waals surface area contributed by atoms with Crippen LogP contribution in [-0.2, 0) is 79.3 Å². The second kappa shape index (κ2) is 35.1. The number of hydrogen-bond donors (Lipinski definition) is 0. The lowest BCUT2D eigenvalue weighted by Crippen LogP contribution is -2.17. The molecule has 3 rings (SSSR count). The highest BCUT2D eigenvalue weighted by Crippen LogP contribution is 2.48. The number of esters is 2. The number of ether oxygens (including phenoxy) is 12. The van der Waals surface area contributed by atoms with Crippen LogP contribution in [0.1, 0.15) is 11.1 Å². The van der Waals surface area contributed by atoms with Crippen LogP contribution in [0.2, 0.25) is 0 Å². The SMILES string of the molecule is CN1c2ccc(CC(=O)OCCOCCOCCOCCOCCOCCI)cc2Sc2ccc(CC(=O)OCCOCCOCCOCCOCCOCCI)cc21. The first-order chi connectivity index (χ1) is 29.0. The molecule has 15 nitrogen and oxygen atoms in total. The number of rotatable bonds is 38. The third kappa shape index (κ3) is 24.7. The molecule has 1 aliphatic rings. The molecule has 1 heterocycles. The van der Waals surface area contributed by atoms with Crippen molar-refractivity contribution in [1.29, 1.82) is 0 Å². The molecule has 0 bridgehead atoms. The normalized spacial score (nSPS) is 12.1. The summed E-state index contributed by atoms with van der Waals surface area (Å²) >= 11 is 6.17. The third-order valence-electron chi connectivity index (χ3n) is 8.09. The Kier molecular flexibility index (Phi) is 30.9. The van der Waals surface area contributed by atoms with Crippen LogP contribution in [-0.4, -0.2) is 173 Å². The van der Waals surface area contributed by atoms with Crippen LogP contribution in [0.3, 0.4) is 0 Å². The van der Waals surface area contributed by atoms with Gasteiger partial charge in [-0.05, 0) is 35.4 Å². The Bertz CT molecular complexity index is 1410. The lowest BCUT2D eigenvalue weighted by molar-refractivity contribution is -0.145. The molecule has 0 saturated heterocycles. The van der Waals surface area contributed by atoms with Crippen LogP contribution in [0, 0.1) is 0 Å². The highest BCUT2D eigenvalue weighted by Gasteiger charge is 2.22. The molecule has 0 saturated carbocycles. The summed E-state index contributed by atoms with van der Waals surface area (Å²) < 4.78 is 67.2. The maximum absolute atomic E-state index is 12.5. The second-order valence-electron chi connectivity index (χ2n) is 12.6. The van der Waals surface area contributed by atoms with Crippen molar-refractivity contribution in [3.8, 4) is 0 Å². The van der Waals surface area contributed by atoms with Gasteiger partial charge in [-0.3, -0.25) is 9.59 Å². The lowest BCUT2D eigenvalue weighted by Gasteiger charge is -2.30. The molecule has 2 aromatic rings. The predicted octanol–water partition coefficient (Wildman–Crippen LogP) is 5.13. The molecule has 0 atom stereocenters. The molecule has 0 amide bonds. The Morgan fingerprint density at radius 3 is 1.17 bits per heavy atom. The van der Waals surface area contributed by atoms with E-state index < -0.39 is 0 Å². The molecular formula is C41H61I2NO14S. The molecule has 0 spiro atoms. The number of anilines is 2. The van der Waals surface area contributed by atoms with Gasteiger partial charge in [-0.1, -0.05) is 69.1 Å². The molecule has 0 aromatic heterocycles. The van der Waals surface area contributed by atoms with E-state index >= 15 is 0 Å². The highest BCUT2D eigenvalue weighted by atomic mass is 127. The van der Waals surface area contributed by atoms with E-state index in [4.69, 9.17) is 56.8 Å². The van der Waals surface area contributed by atoms with Gasteiger partial charge in [-0.25, -0.2) is 0 Å². The summed E-state index contributed by atoms with van der Waals surface area (Å²) in [7, 11) is 1.99. The summed E-state index contributed by atoms with van der Waals surface area (Å²) in [4.78, 5) is 29.3. The number of alkyl halides is 2. The number of benzene rings is 2. The van der Waals surface area contributed by atoms with Gasteiger partial charge < -0.3 is 61.7 Å². The zero-order chi connectivity index (χ0) is 42.0. The zero-order valence-electron chi connectivity index (χ0n) is 34.2. The van der Waals surface area contributed by atoms with Crippen LogP contribution < -0.4 is 4.90 Å². The molecule has 334 valence electrons. The summed E-state index contributed by atoms with van der Waals surface area (Å²) in [5.74, 6) is -0.633. The molecule has 0 fully saturated rings. The van der Waals surface area contributed by atoms with E-state index in [1.54, 1.807) is 11.8 Å². The van der Waals surface area contributed by atoms with E-state index in [1.165, 1.54) is 0 Å². The first-order valence-electron chi connectivity index (χ1n) is 19.9. The van der Waals surface area contributed by atoms with E-state index in [2.05, 4.69) is 50.1 Å². The predicted molar refractivity (Wildman–Crippen MR) is 240 cm³/mol. The molecule has 0 aliphatic carbocycles. The fraction of sp³-hybridized carbons (Fsp3) is 0.659. The molecule has 18 heteroatoms. The standard InChI is InChI=1S/C41H61I2NO14S/c1-44-36-4-2-35(33-41(46)58-29-27-56-25-23-54-21-19-52-17-15-50-13-11-48-9-7-43)31-39(36)59-38-5-3-34(30-37(38)44)32-40(45)57-28-26-55-24-22-53-20-18-51-16-14-49-12-10-47-8-6-42/h2-5,30-31H,6-29,32-33H2,1H3. The van der Waals surface area contributed by atoms with Crippen molar-refractivity contribution in [3.05, 3.63) is 47.5 Å². The number of hydrogen-bond acceptors (Lipinski definition) is 16. The Labute approximate surface area is 380 Å². The van der Waals surface area contributed by atoms with E-state index in [1.807, 2.05) is 43.4 Å². The van der Waals surface area contributed by atoms with Crippen molar-refractivity contribution in [2.75, 3.05) is 166 Å². The molecule has 0 unspecified atom stereocenters. The van der Waals surface area contributed by atoms with Crippen molar-refractivity contribution < 1.29 is 66.4 Å². The average Bonchev–Trinajstić information content (AvgIpc) is 3.23. The van der Waals surface area contributed by atoms with Crippen LogP contribution >= 0.6 is 56.9 Å². The molecule has 0 N–H and O–H groups in total. The van der Waals surface area contributed by atoms with E-state index in [0.29, 0.717) is 119 Å². The van der Waals surface area contributed by atoms with Crippen molar-refractivity contribution in [3.63, 3.8) is 0 Å². The summed E-state index contributed by atoms with van der Waals surface area (Å²) in [6, 6.07) is 11.9. The van der Waals surface area contributed by atoms with E-state index in [-0.39, 0.29) is 38.0 Å². The van der Waals surface area contributed by atoms with Crippen LogP contribution in [0.5, 0.6) is 0 Å². The lowest BCUT2D eigenvalue weighted by atomic mass is 10.1. The summed E-state index contributed by atoms with van der Waals surface area (Å²) in [6.45, 7) is 10.4. The minimum atomic E-state index is -0.318. The third-order valence-corrected chi connectivity index (χ3v) is 10.1. The van der Waals surface area contributed by atoms with Crippen molar-refractivity contribution in [2.24, 2.45) is 0 Å². The van der Waals surface area contributed by atoms with Gasteiger partial charge in [-0.15, -0.1) is 0 Å². The van der Waals surface area contributed by atoms with Gasteiger partial charge in [0.25, 0.3) is 0 Å². The molecule has 59 heavy (non-hydrogen) atoms. The van der Waals surface area contributed by atoms with Gasteiger partial charge in [0, 0.05) is 25.7 Å². The van der Waals surface area contributed by atoms with Gasteiger partial charge in [0.05, 0.1) is 156 Å². The minimum absolute atomic E-state index is 0.154. The number of fused-ring (bicyclic) bond motifs is 2. The first-order valence-corrected chi connectivity index (χ1v) is 23.8. The maximum Gasteiger partial charge on any atom is 0.310 e. The van der Waals surface area contributed by atoms with Crippen LogP contribution in [0.25, 0.3) is 0 Å². The van der Waals surface area contributed by atoms with Crippen LogP contribution in [0.15, 0.2) is 46.2 Å². The monoisotopic (exact) mass is 1080 g/mol. The van der Waals surface area contributed by atoms with Crippen molar-refractivity contribution in [1.82, 2.24) is 0 Å². The Balaban J connectivity index is 1.19. The summed E-state index contributed by atoms with van der Waals surface area (Å²) in [5, 5.41) is 0.